The average Bonchev–Trinajstić information content (AvgIpc) is 2.20. The molecule has 0 aliphatic rings. The summed E-state index contributed by atoms with van der Waals surface area (Å²) in [6.07, 6.45) is 0.147. The monoisotopic (exact) mass is 201 g/mol. The highest BCUT2D eigenvalue weighted by atomic mass is 16.5. The van der Waals surface area contributed by atoms with Crippen LogP contribution in [0.15, 0.2) is 12.2 Å². The van der Waals surface area contributed by atoms with Crippen LogP contribution in [-0.4, -0.2) is 39.0 Å². The maximum Gasteiger partial charge on any atom is 0.0784 e. The molecule has 0 aromatic rings. The Morgan fingerprint density at radius 1 is 1.43 bits per heavy atom. The average molecular weight is 201 g/mol. The quantitative estimate of drug-likeness (QED) is 0.575. The second kappa shape index (κ2) is 9.19. The summed E-state index contributed by atoms with van der Waals surface area (Å²) in [6.45, 7) is 13.8. The number of ether oxygens (including phenoxy) is 2. The number of rotatable bonds is 9. The molecule has 84 valence electrons. The van der Waals surface area contributed by atoms with Gasteiger partial charge in [-0.15, -0.1) is 0 Å². The van der Waals surface area contributed by atoms with Crippen molar-refractivity contribution in [2.45, 2.75) is 26.9 Å². The zero-order valence-corrected chi connectivity index (χ0v) is 9.64. The molecule has 0 aromatic heterocycles. The van der Waals surface area contributed by atoms with Crippen molar-refractivity contribution in [1.82, 2.24) is 5.32 Å². The van der Waals surface area contributed by atoms with Crippen LogP contribution in [-0.2, 0) is 9.47 Å². The van der Waals surface area contributed by atoms with Gasteiger partial charge in [-0.25, -0.2) is 0 Å². The minimum atomic E-state index is 0.147. The summed E-state index contributed by atoms with van der Waals surface area (Å²) in [6, 6.07) is 0. The van der Waals surface area contributed by atoms with Gasteiger partial charge in [0.1, 0.15) is 0 Å². The Morgan fingerprint density at radius 3 is 2.71 bits per heavy atom. The van der Waals surface area contributed by atoms with Gasteiger partial charge < -0.3 is 14.8 Å². The van der Waals surface area contributed by atoms with Crippen molar-refractivity contribution in [3.63, 3.8) is 0 Å². The summed E-state index contributed by atoms with van der Waals surface area (Å²) in [4.78, 5) is 0. The molecule has 0 spiro atoms. The molecule has 0 heterocycles. The van der Waals surface area contributed by atoms with E-state index in [1.807, 2.05) is 13.8 Å². The highest BCUT2D eigenvalue weighted by Crippen LogP contribution is 1.96. The molecule has 0 saturated heterocycles. The van der Waals surface area contributed by atoms with E-state index in [0.29, 0.717) is 13.2 Å². The molecule has 0 bridgehead atoms. The first kappa shape index (κ1) is 13.6. The first-order valence-electron chi connectivity index (χ1n) is 5.27. The molecule has 0 radical (unpaired) electrons. The second-order valence-corrected chi connectivity index (χ2v) is 3.31. The van der Waals surface area contributed by atoms with Crippen LogP contribution in [0.4, 0.5) is 0 Å². The van der Waals surface area contributed by atoms with E-state index in [9.17, 15) is 0 Å². The Morgan fingerprint density at radius 2 is 2.14 bits per heavy atom. The van der Waals surface area contributed by atoms with E-state index in [1.165, 1.54) is 0 Å². The van der Waals surface area contributed by atoms with Crippen molar-refractivity contribution in [3.8, 4) is 0 Å². The van der Waals surface area contributed by atoms with Crippen molar-refractivity contribution in [3.05, 3.63) is 12.2 Å². The predicted molar refractivity (Wildman–Crippen MR) is 59.6 cm³/mol. The summed E-state index contributed by atoms with van der Waals surface area (Å²) in [7, 11) is 0. The van der Waals surface area contributed by atoms with Crippen LogP contribution >= 0.6 is 0 Å². The number of likely N-dealkylation sites (N-methyl/N-ethyl adjacent to an activating group) is 1. The maximum atomic E-state index is 5.54. The molecule has 14 heavy (non-hydrogen) atoms. The first-order valence-corrected chi connectivity index (χ1v) is 5.27. The lowest BCUT2D eigenvalue weighted by Gasteiger charge is -2.14. The number of hydrogen-bond acceptors (Lipinski definition) is 3. The van der Waals surface area contributed by atoms with Crippen molar-refractivity contribution >= 4 is 0 Å². The normalized spacial score (nSPS) is 12.8. The molecule has 0 fully saturated rings. The van der Waals surface area contributed by atoms with E-state index in [2.05, 4.69) is 18.8 Å². The van der Waals surface area contributed by atoms with Gasteiger partial charge in [-0.1, -0.05) is 13.5 Å². The second-order valence-electron chi connectivity index (χ2n) is 3.31. The van der Waals surface area contributed by atoms with Crippen molar-refractivity contribution in [1.29, 1.82) is 0 Å². The third-order valence-corrected chi connectivity index (χ3v) is 1.75. The highest BCUT2D eigenvalue weighted by molar-refractivity contribution is 4.96. The molecule has 0 saturated carbocycles. The van der Waals surface area contributed by atoms with Crippen LogP contribution in [0.5, 0.6) is 0 Å². The van der Waals surface area contributed by atoms with Crippen LogP contribution < -0.4 is 5.32 Å². The fraction of sp³-hybridized carbons (Fsp3) is 0.818. The molecule has 0 aliphatic heterocycles. The predicted octanol–water partition coefficient (Wildman–Crippen LogP) is 1.59. The third-order valence-electron chi connectivity index (χ3n) is 1.75. The first-order chi connectivity index (χ1) is 6.70. The van der Waals surface area contributed by atoms with Gasteiger partial charge in [0, 0.05) is 13.2 Å². The van der Waals surface area contributed by atoms with Gasteiger partial charge >= 0.3 is 0 Å². The molecule has 1 atom stereocenters. The topological polar surface area (TPSA) is 30.5 Å². The van der Waals surface area contributed by atoms with Gasteiger partial charge in [0.15, 0.2) is 0 Å². The summed E-state index contributed by atoms with van der Waals surface area (Å²) in [5.74, 6) is 0. The van der Waals surface area contributed by atoms with Gasteiger partial charge in [-0.3, -0.25) is 0 Å². The van der Waals surface area contributed by atoms with Crippen LogP contribution in [0, 0.1) is 0 Å². The van der Waals surface area contributed by atoms with Gasteiger partial charge in [0.25, 0.3) is 0 Å². The summed E-state index contributed by atoms with van der Waals surface area (Å²) < 4.78 is 10.8. The lowest BCUT2D eigenvalue weighted by molar-refractivity contribution is 0.00566. The van der Waals surface area contributed by atoms with E-state index in [1.54, 1.807) is 0 Å². The molecule has 0 aromatic carbocycles. The Kier molecular flexibility index (Phi) is 8.94. The minimum absolute atomic E-state index is 0.147. The largest absolute Gasteiger partial charge is 0.379 e. The van der Waals surface area contributed by atoms with Crippen LogP contribution in [0.1, 0.15) is 20.8 Å². The molecule has 3 nitrogen and oxygen atoms in total. The van der Waals surface area contributed by atoms with E-state index in [0.717, 1.165) is 25.3 Å². The zero-order chi connectivity index (χ0) is 10.8. The maximum absolute atomic E-state index is 5.54. The van der Waals surface area contributed by atoms with Crippen LogP contribution in [0.2, 0.25) is 0 Å². The molecular formula is C11H23NO2. The zero-order valence-electron chi connectivity index (χ0n) is 9.64. The van der Waals surface area contributed by atoms with Crippen LogP contribution in [0.3, 0.4) is 0 Å². The van der Waals surface area contributed by atoms with E-state index in [-0.39, 0.29) is 6.10 Å². The van der Waals surface area contributed by atoms with Gasteiger partial charge in [-0.2, -0.15) is 0 Å². The molecule has 1 N–H and O–H groups in total. The number of hydrogen-bond donors (Lipinski definition) is 1. The Bertz CT molecular complexity index is 148. The van der Waals surface area contributed by atoms with Crippen molar-refractivity contribution in [2.75, 3.05) is 32.9 Å². The van der Waals surface area contributed by atoms with Crippen molar-refractivity contribution < 1.29 is 9.47 Å². The smallest absolute Gasteiger partial charge is 0.0784 e. The van der Waals surface area contributed by atoms with E-state index < -0.39 is 0 Å². The molecule has 0 aliphatic carbocycles. The molecule has 0 rings (SSSR count). The van der Waals surface area contributed by atoms with Gasteiger partial charge in [0.05, 0.1) is 19.3 Å². The Balaban J connectivity index is 3.36. The van der Waals surface area contributed by atoms with Gasteiger partial charge in [-0.05, 0) is 26.0 Å². The van der Waals surface area contributed by atoms with E-state index >= 15 is 0 Å². The van der Waals surface area contributed by atoms with Crippen LogP contribution in [0.25, 0.3) is 0 Å². The lowest BCUT2D eigenvalue weighted by Crippen LogP contribution is -2.22. The fourth-order valence-electron chi connectivity index (χ4n) is 0.945. The minimum Gasteiger partial charge on any atom is -0.379 e. The summed E-state index contributed by atoms with van der Waals surface area (Å²) in [5.41, 5.74) is 1.08. The molecule has 3 heteroatoms. The standard InChI is InChI=1S/C11H23NO2/c1-5-12-7-10(3)8-14-11(4)9-13-6-2/h11-12H,3,5-9H2,1-2,4H3. The van der Waals surface area contributed by atoms with Crippen molar-refractivity contribution in [2.24, 2.45) is 0 Å². The Labute approximate surface area is 87.5 Å². The Hall–Kier alpha value is -0.380. The molecule has 1 unspecified atom stereocenters. The lowest BCUT2D eigenvalue weighted by atomic mass is 10.3. The highest BCUT2D eigenvalue weighted by Gasteiger charge is 2.02. The SMILES string of the molecule is C=C(CNCC)COC(C)COCC. The fourth-order valence-corrected chi connectivity index (χ4v) is 0.945. The molecule has 0 amide bonds. The summed E-state index contributed by atoms with van der Waals surface area (Å²) >= 11 is 0. The summed E-state index contributed by atoms with van der Waals surface area (Å²) in [5, 5.41) is 3.20. The van der Waals surface area contributed by atoms with E-state index in [4.69, 9.17) is 9.47 Å². The van der Waals surface area contributed by atoms with Gasteiger partial charge in [0.2, 0.25) is 0 Å². The molecular weight excluding hydrogens is 178 g/mol. The number of nitrogens with one attached hydrogen (secondary N) is 1. The third kappa shape index (κ3) is 8.23.